The molecule has 1 aromatic heterocycles. The molecule has 4 rings (SSSR count). The van der Waals surface area contributed by atoms with Crippen molar-refractivity contribution in [1.82, 2.24) is 4.90 Å². The molecule has 3 aromatic rings. The van der Waals surface area contributed by atoms with Crippen molar-refractivity contribution in [3.05, 3.63) is 118 Å². The van der Waals surface area contributed by atoms with E-state index in [0.717, 1.165) is 5.56 Å². The molecule has 1 amide bonds. The van der Waals surface area contributed by atoms with Crippen LogP contribution in [0, 0.1) is 21.4 Å². The molecule has 0 fully saturated rings. The SMILES string of the molecule is N#CC1=C(O)N(CCc2ccccc2)C(=O)[C@H]([n+]2ccccc2)[C@H]1c1ccc([N+](=O)[O-])cc1. The molecule has 1 aliphatic heterocycles. The van der Waals surface area contributed by atoms with Crippen LogP contribution in [0.2, 0.25) is 0 Å². The number of aromatic nitrogens is 1. The second kappa shape index (κ2) is 9.32. The molecule has 2 aromatic carbocycles. The fraction of sp³-hybridized carbons (Fsp3) is 0.160. The van der Waals surface area contributed by atoms with Crippen LogP contribution in [0.1, 0.15) is 23.1 Å². The Hall–Kier alpha value is -4.51. The topological polar surface area (TPSA) is 111 Å². The van der Waals surface area contributed by atoms with Gasteiger partial charge in [0, 0.05) is 30.8 Å². The van der Waals surface area contributed by atoms with Crippen LogP contribution in [0.15, 0.2) is 96.6 Å². The third-order valence-electron chi connectivity index (χ3n) is 5.75. The van der Waals surface area contributed by atoms with Gasteiger partial charge in [-0.15, -0.1) is 0 Å². The fourth-order valence-electron chi connectivity index (χ4n) is 4.12. The van der Waals surface area contributed by atoms with Crippen molar-refractivity contribution >= 4 is 11.6 Å². The summed E-state index contributed by atoms with van der Waals surface area (Å²) in [4.78, 5) is 25.5. The van der Waals surface area contributed by atoms with E-state index in [0.29, 0.717) is 12.0 Å². The van der Waals surface area contributed by atoms with Crippen LogP contribution in [0.25, 0.3) is 0 Å². The van der Waals surface area contributed by atoms with Gasteiger partial charge in [0.2, 0.25) is 11.9 Å². The van der Waals surface area contributed by atoms with Crippen molar-refractivity contribution < 1.29 is 19.4 Å². The van der Waals surface area contributed by atoms with E-state index >= 15 is 0 Å². The lowest BCUT2D eigenvalue weighted by Gasteiger charge is -2.34. The first kappa shape index (κ1) is 21.7. The summed E-state index contributed by atoms with van der Waals surface area (Å²) in [7, 11) is 0. The fourth-order valence-corrected chi connectivity index (χ4v) is 4.12. The molecule has 1 N–H and O–H groups in total. The monoisotopic (exact) mass is 441 g/mol. The van der Waals surface area contributed by atoms with Crippen LogP contribution in [-0.2, 0) is 11.2 Å². The minimum atomic E-state index is -0.839. The van der Waals surface area contributed by atoms with Crippen LogP contribution in [0.4, 0.5) is 5.69 Å². The summed E-state index contributed by atoms with van der Waals surface area (Å²) in [6, 6.07) is 21.9. The Balaban J connectivity index is 1.79. The van der Waals surface area contributed by atoms with E-state index in [1.807, 2.05) is 36.4 Å². The molecule has 2 atom stereocenters. The number of nitro benzene ring substituents is 1. The highest BCUT2D eigenvalue weighted by Crippen LogP contribution is 2.40. The smallest absolute Gasteiger partial charge is 0.299 e. The summed E-state index contributed by atoms with van der Waals surface area (Å²) in [6.45, 7) is 0.205. The number of hydrogen-bond donors (Lipinski definition) is 1. The number of pyridine rings is 1. The van der Waals surface area contributed by atoms with E-state index in [2.05, 4.69) is 6.07 Å². The lowest BCUT2D eigenvalue weighted by Crippen LogP contribution is -2.55. The molecule has 33 heavy (non-hydrogen) atoms. The summed E-state index contributed by atoms with van der Waals surface area (Å²) in [6.07, 6.45) is 3.96. The van der Waals surface area contributed by atoms with E-state index < -0.39 is 16.9 Å². The maximum absolute atomic E-state index is 13.7. The molecule has 1 aliphatic rings. The predicted octanol–water partition coefficient (Wildman–Crippen LogP) is 3.59. The van der Waals surface area contributed by atoms with Gasteiger partial charge in [0.05, 0.1) is 10.8 Å². The van der Waals surface area contributed by atoms with Gasteiger partial charge in [0.1, 0.15) is 11.6 Å². The third-order valence-corrected chi connectivity index (χ3v) is 5.75. The molecule has 0 aliphatic carbocycles. The van der Waals surface area contributed by atoms with Crippen LogP contribution >= 0.6 is 0 Å². The number of rotatable bonds is 6. The molecular weight excluding hydrogens is 420 g/mol. The minimum Gasteiger partial charge on any atom is -0.494 e. The molecule has 8 nitrogen and oxygen atoms in total. The van der Waals surface area contributed by atoms with E-state index in [4.69, 9.17) is 0 Å². The van der Waals surface area contributed by atoms with Crippen LogP contribution in [-0.4, -0.2) is 27.4 Å². The number of hydrogen-bond acceptors (Lipinski definition) is 5. The average Bonchev–Trinajstić information content (AvgIpc) is 2.85. The number of aliphatic hydroxyl groups is 1. The van der Waals surface area contributed by atoms with E-state index in [1.165, 1.54) is 29.2 Å². The summed E-state index contributed by atoms with van der Waals surface area (Å²) in [5.74, 6) is -1.54. The van der Waals surface area contributed by atoms with Crippen molar-refractivity contribution in [2.75, 3.05) is 6.54 Å². The molecule has 0 saturated heterocycles. The van der Waals surface area contributed by atoms with Gasteiger partial charge in [-0.1, -0.05) is 48.5 Å². The summed E-state index contributed by atoms with van der Waals surface area (Å²) in [5, 5.41) is 32.0. The molecule has 2 heterocycles. The minimum absolute atomic E-state index is 0.0397. The number of allylic oxidation sites excluding steroid dienone is 1. The second-order valence-electron chi connectivity index (χ2n) is 7.67. The first-order valence-electron chi connectivity index (χ1n) is 10.4. The zero-order valence-electron chi connectivity index (χ0n) is 17.6. The number of amides is 1. The molecule has 0 radical (unpaired) electrons. The van der Waals surface area contributed by atoms with Gasteiger partial charge < -0.3 is 5.11 Å². The Morgan fingerprint density at radius 1 is 1.03 bits per heavy atom. The number of non-ortho nitro benzene ring substituents is 1. The van der Waals surface area contributed by atoms with Crippen molar-refractivity contribution in [2.24, 2.45) is 0 Å². The van der Waals surface area contributed by atoms with Crippen LogP contribution in [0.5, 0.6) is 0 Å². The van der Waals surface area contributed by atoms with Gasteiger partial charge >= 0.3 is 0 Å². The number of nitriles is 1. The largest absolute Gasteiger partial charge is 0.494 e. The first-order chi connectivity index (χ1) is 16.0. The second-order valence-corrected chi connectivity index (χ2v) is 7.67. The van der Waals surface area contributed by atoms with Crippen molar-refractivity contribution in [3.63, 3.8) is 0 Å². The van der Waals surface area contributed by atoms with E-state index in [1.54, 1.807) is 29.1 Å². The molecule has 8 heteroatoms. The van der Waals surface area contributed by atoms with Crippen LogP contribution in [0.3, 0.4) is 0 Å². The molecule has 0 bridgehead atoms. The molecule has 0 unspecified atom stereocenters. The van der Waals surface area contributed by atoms with Crippen molar-refractivity contribution in [2.45, 2.75) is 18.4 Å². The number of carbonyl (C=O) groups excluding carboxylic acids is 1. The molecular formula is C25H21N4O4+. The Morgan fingerprint density at radius 2 is 1.67 bits per heavy atom. The zero-order chi connectivity index (χ0) is 23.4. The van der Waals surface area contributed by atoms with Gasteiger partial charge in [-0.3, -0.25) is 19.8 Å². The highest BCUT2D eigenvalue weighted by Gasteiger charge is 2.49. The van der Waals surface area contributed by atoms with Gasteiger partial charge in [-0.2, -0.15) is 9.83 Å². The first-order valence-corrected chi connectivity index (χ1v) is 10.4. The van der Waals surface area contributed by atoms with Gasteiger partial charge in [0.15, 0.2) is 12.4 Å². The highest BCUT2D eigenvalue weighted by atomic mass is 16.6. The van der Waals surface area contributed by atoms with Crippen molar-refractivity contribution in [3.8, 4) is 6.07 Å². The number of benzene rings is 2. The summed E-state index contributed by atoms with van der Waals surface area (Å²) < 4.78 is 1.70. The Morgan fingerprint density at radius 3 is 2.27 bits per heavy atom. The predicted molar refractivity (Wildman–Crippen MR) is 119 cm³/mol. The molecule has 164 valence electrons. The number of carbonyl (C=O) groups is 1. The Labute approximate surface area is 190 Å². The molecule has 0 saturated carbocycles. The average molecular weight is 441 g/mol. The van der Waals surface area contributed by atoms with E-state index in [-0.39, 0.29) is 29.6 Å². The standard InChI is InChI=1S/C25H20N4O4/c26-17-21-22(19-9-11-20(12-10-19)29(32)33)23(27-14-5-2-6-15-27)25(31)28(24(21)30)16-13-18-7-3-1-4-8-18/h1-12,14-15,22-23H,13,16H2/p+1/t22-,23+/m0/s1. The van der Waals surface area contributed by atoms with E-state index in [9.17, 15) is 25.3 Å². The molecule has 0 spiro atoms. The third kappa shape index (κ3) is 4.29. The maximum atomic E-state index is 13.7. The Bertz CT molecular complexity index is 1230. The van der Waals surface area contributed by atoms with Gasteiger partial charge in [0.25, 0.3) is 11.6 Å². The van der Waals surface area contributed by atoms with Crippen molar-refractivity contribution in [1.29, 1.82) is 5.26 Å². The number of nitrogens with zero attached hydrogens (tertiary/aromatic N) is 4. The Kier molecular flexibility index (Phi) is 6.13. The normalized spacial score (nSPS) is 18.2. The lowest BCUT2D eigenvalue weighted by molar-refractivity contribution is -0.712. The van der Waals surface area contributed by atoms with Crippen LogP contribution < -0.4 is 4.57 Å². The quantitative estimate of drug-likeness (QED) is 0.357. The zero-order valence-corrected chi connectivity index (χ0v) is 17.6. The maximum Gasteiger partial charge on any atom is 0.299 e. The number of nitro groups is 1. The van der Waals surface area contributed by atoms with Gasteiger partial charge in [-0.05, 0) is 17.5 Å². The summed E-state index contributed by atoms with van der Waals surface area (Å²) in [5.41, 5.74) is 1.47. The highest BCUT2D eigenvalue weighted by molar-refractivity contribution is 5.84. The lowest BCUT2D eigenvalue weighted by atomic mass is 9.81. The van der Waals surface area contributed by atoms with Gasteiger partial charge in [-0.25, -0.2) is 0 Å². The summed E-state index contributed by atoms with van der Waals surface area (Å²) >= 11 is 0. The number of aliphatic hydroxyl groups excluding tert-OH is 1.